The van der Waals surface area contributed by atoms with E-state index in [-0.39, 0.29) is 0 Å². The lowest BCUT2D eigenvalue weighted by atomic mass is 9.68. The molecule has 2 saturated carbocycles. The number of benzene rings is 1. The summed E-state index contributed by atoms with van der Waals surface area (Å²) in [5.41, 5.74) is 1.00. The zero-order valence-corrected chi connectivity index (χ0v) is 19.1. The molecule has 0 heterocycles. The van der Waals surface area contributed by atoms with Crippen molar-refractivity contribution in [1.29, 1.82) is 0 Å². The Labute approximate surface area is 189 Å². The maximum Gasteiger partial charge on any atom is 0.499 e. The second-order valence-electron chi connectivity index (χ2n) is 9.93. The van der Waals surface area contributed by atoms with Gasteiger partial charge in [-0.1, -0.05) is 64.0 Å². The van der Waals surface area contributed by atoms with Crippen LogP contribution in [0.25, 0.3) is 0 Å². The molecule has 182 valence electrons. The van der Waals surface area contributed by atoms with Crippen LogP contribution in [-0.2, 0) is 0 Å². The van der Waals surface area contributed by atoms with Crippen molar-refractivity contribution in [2.24, 2.45) is 17.8 Å². The molecule has 1 nitrogen and oxygen atoms in total. The van der Waals surface area contributed by atoms with E-state index in [1.54, 1.807) is 12.1 Å². The lowest BCUT2D eigenvalue weighted by Crippen LogP contribution is -2.41. The quantitative estimate of drug-likeness (QED) is 0.263. The van der Waals surface area contributed by atoms with E-state index in [0.29, 0.717) is 5.92 Å². The van der Waals surface area contributed by atoms with Gasteiger partial charge in [-0.2, -0.15) is 22.0 Å². The van der Waals surface area contributed by atoms with Crippen molar-refractivity contribution >= 4 is 0 Å². The molecule has 32 heavy (non-hydrogen) atoms. The van der Waals surface area contributed by atoms with Crippen molar-refractivity contribution < 1.29 is 26.7 Å². The van der Waals surface area contributed by atoms with Gasteiger partial charge in [-0.15, -0.1) is 0 Å². The topological polar surface area (TPSA) is 9.23 Å². The lowest BCUT2D eigenvalue weighted by Gasteiger charge is -2.38. The van der Waals surface area contributed by atoms with Crippen LogP contribution in [0, 0.1) is 17.8 Å². The van der Waals surface area contributed by atoms with Crippen LogP contribution in [0.2, 0.25) is 0 Å². The zero-order chi connectivity index (χ0) is 23.2. The summed E-state index contributed by atoms with van der Waals surface area (Å²) >= 11 is 0. The maximum atomic E-state index is 13.1. The third-order valence-corrected chi connectivity index (χ3v) is 7.72. The Kier molecular flexibility index (Phi) is 8.85. The normalized spacial score (nSPS) is 27.3. The van der Waals surface area contributed by atoms with Gasteiger partial charge in [-0.3, -0.25) is 0 Å². The van der Waals surface area contributed by atoms with Gasteiger partial charge in [-0.05, 0) is 79.9 Å². The first kappa shape index (κ1) is 25.3. The van der Waals surface area contributed by atoms with E-state index < -0.39 is 18.0 Å². The number of halogens is 5. The summed E-state index contributed by atoms with van der Waals surface area (Å²) in [6, 6.07) is 5.72. The summed E-state index contributed by atoms with van der Waals surface area (Å²) < 4.78 is 66.9. The van der Waals surface area contributed by atoms with Crippen LogP contribution in [0.1, 0.15) is 102 Å². The fourth-order valence-corrected chi connectivity index (χ4v) is 5.75. The third kappa shape index (κ3) is 6.84. The molecule has 0 aromatic heterocycles. The minimum Gasteiger partial charge on any atom is -0.426 e. The van der Waals surface area contributed by atoms with E-state index in [1.807, 2.05) is 0 Å². The molecule has 0 bridgehead atoms. The molecule has 0 aliphatic heterocycles. The van der Waals surface area contributed by atoms with Gasteiger partial charge in [0.25, 0.3) is 0 Å². The second-order valence-corrected chi connectivity index (χ2v) is 9.93. The minimum absolute atomic E-state index is 0.346. The highest BCUT2D eigenvalue weighted by atomic mass is 19.4. The Morgan fingerprint density at radius 1 is 0.750 bits per heavy atom. The number of hydrogen-bond acceptors (Lipinski definition) is 1. The van der Waals surface area contributed by atoms with Gasteiger partial charge in [0.05, 0.1) is 0 Å². The maximum absolute atomic E-state index is 13.1. The van der Waals surface area contributed by atoms with Gasteiger partial charge in [-0.25, -0.2) is 0 Å². The molecule has 3 rings (SSSR count). The number of hydrogen-bond donors (Lipinski definition) is 0. The monoisotopic (exact) mass is 460 g/mol. The molecule has 2 aliphatic rings. The van der Waals surface area contributed by atoms with Gasteiger partial charge in [0, 0.05) is 0 Å². The fraction of sp³-hybridized carbons (Fsp3) is 0.769. The molecular formula is C26H37F5O. The molecule has 0 atom stereocenters. The van der Waals surface area contributed by atoms with Crippen molar-refractivity contribution in [3.63, 3.8) is 0 Å². The standard InChI is InChI=1S/C26H37F5O/c1-2-3-4-5-6-19-7-9-20(10-8-19)21-11-13-22(14-12-21)23-15-17-24(18-16-23)32-26(30,31)25(27,28)29/h15-22H,2-14H2,1H3. The van der Waals surface area contributed by atoms with Crippen LogP contribution in [0.4, 0.5) is 22.0 Å². The molecule has 6 heteroatoms. The van der Waals surface area contributed by atoms with Gasteiger partial charge >= 0.3 is 12.3 Å². The summed E-state index contributed by atoms with van der Waals surface area (Å²) in [5.74, 6) is 2.42. The van der Waals surface area contributed by atoms with E-state index in [9.17, 15) is 22.0 Å². The Balaban J connectivity index is 1.41. The predicted octanol–water partition coefficient (Wildman–Crippen LogP) is 9.27. The molecular weight excluding hydrogens is 423 g/mol. The first-order valence-corrected chi connectivity index (χ1v) is 12.4. The largest absolute Gasteiger partial charge is 0.499 e. The molecule has 0 unspecified atom stereocenters. The average molecular weight is 461 g/mol. The van der Waals surface area contributed by atoms with Gasteiger partial charge < -0.3 is 4.74 Å². The van der Waals surface area contributed by atoms with Crippen molar-refractivity contribution in [3.05, 3.63) is 29.8 Å². The number of rotatable bonds is 9. The molecule has 1 aromatic rings. The Hall–Kier alpha value is -1.33. The van der Waals surface area contributed by atoms with E-state index in [2.05, 4.69) is 11.7 Å². The zero-order valence-electron chi connectivity index (χ0n) is 19.1. The molecule has 0 amide bonds. The molecule has 0 radical (unpaired) electrons. The lowest BCUT2D eigenvalue weighted by molar-refractivity contribution is -0.360. The van der Waals surface area contributed by atoms with E-state index in [0.717, 1.165) is 36.2 Å². The Morgan fingerprint density at radius 2 is 1.31 bits per heavy atom. The average Bonchev–Trinajstić information content (AvgIpc) is 2.77. The summed E-state index contributed by atoms with van der Waals surface area (Å²) in [5, 5.41) is 0. The predicted molar refractivity (Wildman–Crippen MR) is 117 cm³/mol. The highest BCUT2D eigenvalue weighted by Crippen LogP contribution is 2.45. The third-order valence-electron chi connectivity index (χ3n) is 7.72. The summed E-state index contributed by atoms with van der Waals surface area (Å²) in [6.45, 7) is 2.25. The Morgan fingerprint density at radius 3 is 1.84 bits per heavy atom. The van der Waals surface area contributed by atoms with Crippen LogP contribution in [0.3, 0.4) is 0 Å². The second kappa shape index (κ2) is 11.2. The molecule has 1 aromatic carbocycles. The van der Waals surface area contributed by atoms with E-state index >= 15 is 0 Å². The van der Waals surface area contributed by atoms with Crippen LogP contribution >= 0.6 is 0 Å². The number of alkyl halides is 5. The van der Waals surface area contributed by atoms with Crippen molar-refractivity contribution in [3.8, 4) is 5.75 Å². The van der Waals surface area contributed by atoms with Crippen LogP contribution in [0.5, 0.6) is 5.75 Å². The number of ether oxygens (including phenoxy) is 1. The highest BCUT2D eigenvalue weighted by Gasteiger charge is 2.61. The summed E-state index contributed by atoms with van der Waals surface area (Å²) in [4.78, 5) is 0. The van der Waals surface area contributed by atoms with Crippen molar-refractivity contribution in [2.75, 3.05) is 0 Å². The Bertz CT molecular complexity index is 668. The molecule has 0 spiro atoms. The van der Waals surface area contributed by atoms with E-state index in [4.69, 9.17) is 0 Å². The minimum atomic E-state index is -5.72. The fourth-order valence-electron chi connectivity index (χ4n) is 5.75. The van der Waals surface area contributed by atoms with E-state index in [1.165, 1.54) is 82.8 Å². The summed E-state index contributed by atoms with van der Waals surface area (Å²) in [7, 11) is 0. The molecule has 2 fully saturated rings. The van der Waals surface area contributed by atoms with Gasteiger partial charge in [0.2, 0.25) is 0 Å². The van der Waals surface area contributed by atoms with Crippen LogP contribution in [0.15, 0.2) is 24.3 Å². The number of unbranched alkanes of at least 4 members (excludes halogenated alkanes) is 3. The molecule has 2 aliphatic carbocycles. The van der Waals surface area contributed by atoms with Crippen LogP contribution in [-0.4, -0.2) is 12.3 Å². The van der Waals surface area contributed by atoms with Crippen LogP contribution < -0.4 is 4.74 Å². The van der Waals surface area contributed by atoms with Gasteiger partial charge in [0.1, 0.15) is 5.75 Å². The highest BCUT2D eigenvalue weighted by molar-refractivity contribution is 5.30. The van der Waals surface area contributed by atoms with Crippen molar-refractivity contribution in [1.82, 2.24) is 0 Å². The smallest absolute Gasteiger partial charge is 0.426 e. The van der Waals surface area contributed by atoms with Gasteiger partial charge in [0.15, 0.2) is 0 Å². The van der Waals surface area contributed by atoms with Crippen molar-refractivity contribution in [2.45, 2.75) is 109 Å². The first-order chi connectivity index (χ1) is 15.2. The first-order valence-electron chi connectivity index (χ1n) is 12.4. The SMILES string of the molecule is CCCCCCC1CCC(C2CCC(c3ccc(OC(F)(F)C(F)(F)F)cc3)CC2)CC1. The molecule has 0 N–H and O–H groups in total. The molecule has 0 saturated heterocycles. The summed E-state index contributed by atoms with van der Waals surface area (Å²) in [6.07, 6.45) is 5.83.